The van der Waals surface area contributed by atoms with E-state index in [0.29, 0.717) is 12.5 Å². The maximum Gasteiger partial charge on any atom is 0.303 e. The van der Waals surface area contributed by atoms with Crippen molar-refractivity contribution in [3.8, 4) is 0 Å². The number of rotatable bonds is 7. The molecule has 1 atom stereocenters. The number of nitrogens with two attached hydrogens (primary N) is 1. The minimum absolute atomic E-state index is 0.244. The van der Waals surface area contributed by atoms with E-state index in [-0.39, 0.29) is 6.42 Å². The lowest BCUT2D eigenvalue weighted by Gasteiger charge is -2.15. The number of carboxylic acid groups (broad SMARTS) is 1. The summed E-state index contributed by atoms with van der Waals surface area (Å²) in [5.74, 6) is -0.329. The van der Waals surface area contributed by atoms with E-state index in [4.69, 9.17) is 10.8 Å². The van der Waals surface area contributed by atoms with Crippen LogP contribution in [0.3, 0.4) is 0 Å². The van der Waals surface area contributed by atoms with E-state index in [0.717, 1.165) is 19.3 Å². The van der Waals surface area contributed by atoms with Crippen molar-refractivity contribution in [2.24, 2.45) is 5.73 Å². The van der Waals surface area contributed by atoms with Gasteiger partial charge in [0.05, 0.1) is 0 Å². The summed E-state index contributed by atoms with van der Waals surface area (Å²) in [6.45, 7) is 0.645. The minimum Gasteiger partial charge on any atom is -0.481 e. The van der Waals surface area contributed by atoms with Crippen molar-refractivity contribution >= 4 is 5.97 Å². The van der Waals surface area contributed by atoms with Gasteiger partial charge in [0.15, 0.2) is 0 Å². The van der Waals surface area contributed by atoms with Crippen molar-refractivity contribution in [2.45, 2.75) is 31.6 Å². The van der Waals surface area contributed by atoms with Crippen LogP contribution in [0, 0.1) is 0 Å². The minimum atomic E-state index is -0.723. The van der Waals surface area contributed by atoms with E-state index in [1.165, 1.54) is 5.56 Å². The maximum atomic E-state index is 10.5. The first-order valence-electron chi connectivity index (χ1n) is 5.71. The lowest BCUT2D eigenvalue weighted by atomic mass is 9.91. The highest BCUT2D eigenvalue weighted by molar-refractivity contribution is 5.66. The Morgan fingerprint density at radius 1 is 1.25 bits per heavy atom. The molecule has 3 nitrogen and oxygen atoms in total. The molecule has 0 radical (unpaired) electrons. The molecule has 0 bridgehead atoms. The molecule has 0 unspecified atom stereocenters. The summed E-state index contributed by atoms with van der Waals surface area (Å²) < 4.78 is 0. The quantitative estimate of drug-likeness (QED) is 0.743. The Morgan fingerprint density at radius 2 is 1.94 bits per heavy atom. The van der Waals surface area contributed by atoms with Gasteiger partial charge in [-0.1, -0.05) is 30.3 Å². The van der Waals surface area contributed by atoms with Crippen LogP contribution in [0.2, 0.25) is 0 Å². The summed E-state index contributed by atoms with van der Waals surface area (Å²) in [6.07, 6.45) is 2.78. The average molecular weight is 221 g/mol. The van der Waals surface area contributed by atoms with Gasteiger partial charge < -0.3 is 10.8 Å². The molecule has 0 aliphatic rings. The van der Waals surface area contributed by atoms with Gasteiger partial charge in [0.1, 0.15) is 0 Å². The zero-order valence-corrected chi connectivity index (χ0v) is 9.43. The molecule has 1 aromatic carbocycles. The molecule has 0 saturated heterocycles. The van der Waals surface area contributed by atoms with Crippen LogP contribution < -0.4 is 5.73 Å². The highest BCUT2D eigenvalue weighted by Crippen LogP contribution is 2.24. The van der Waals surface area contributed by atoms with E-state index in [1.54, 1.807) is 0 Å². The second-order valence-electron chi connectivity index (χ2n) is 3.97. The number of benzene rings is 1. The maximum absolute atomic E-state index is 10.5. The third kappa shape index (κ3) is 4.45. The van der Waals surface area contributed by atoms with Crippen LogP contribution in [0.5, 0.6) is 0 Å². The second kappa shape index (κ2) is 7.01. The summed E-state index contributed by atoms with van der Waals surface area (Å²) in [7, 11) is 0. The normalized spacial score (nSPS) is 12.3. The SMILES string of the molecule is NCC[C@H](CCCC(=O)O)c1ccccc1. The predicted octanol–water partition coefficient (Wildman–Crippen LogP) is 2.37. The van der Waals surface area contributed by atoms with E-state index in [2.05, 4.69) is 12.1 Å². The van der Waals surface area contributed by atoms with Crippen molar-refractivity contribution < 1.29 is 9.90 Å². The van der Waals surface area contributed by atoms with Crippen molar-refractivity contribution in [1.29, 1.82) is 0 Å². The van der Waals surface area contributed by atoms with E-state index in [1.807, 2.05) is 18.2 Å². The van der Waals surface area contributed by atoms with Gasteiger partial charge in [-0.05, 0) is 37.3 Å². The molecule has 88 valence electrons. The highest BCUT2D eigenvalue weighted by atomic mass is 16.4. The van der Waals surface area contributed by atoms with Gasteiger partial charge in [-0.25, -0.2) is 0 Å². The van der Waals surface area contributed by atoms with Gasteiger partial charge in [-0.2, -0.15) is 0 Å². The highest BCUT2D eigenvalue weighted by Gasteiger charge is 2.10. The zero-order valence-electron chi connectivity index (χ0n) is 9.43. The van der Waals surface area contributed by atoms with Gasteiger partial charge in [0.2, 0.25) is 0 Å². The molecular weight excluding hydrogens is 202 g/mol. The fourth-order valence-electron chi connectivity index (χ4n) is 1.90. The third-order valence-corrected chi connectivity index (χ3v) is 2.73. The zero-order chi connectivity index (χ0) is 11.8. The van der Waals surface area contributed by atoms with Crippen LogP contribution in [0.25, 0.3) is 0 Å². The Morgan fingerprint density at radius 3 is 2.50 bits per heavy atom. The predicted molar refractivity (Wildman–Crippen MR) is 64.3 cm³/mol. The molecule has 0 aliphatic heterocycles. The molecule has 3 heteroatoms. The average Bonchev–Trinajstić information content (AvgIpc) is 2.29. The first kappa shape index (κ1) is 12.7. The smallest absolute Gasteiger partial charge is 0.303 e. The molecule has 0 amide bonds. The molecular formula is C13H19NO2. The van der Waals surface area contributed by atoms with Gasteiger partial charge in [0, 0.05) is 6.42 Å². The molecule has 0 fully saturated rings. The van der Waals surface area contributed by atoms with Gasteiger partial charge >= 0.3 is 5.97 Å². The molecule has 0 aromatic heterocycles. The number of hydrogen-bond acceptors (Lipinski definition) is 2. The van der Waals surface area contributed by atoms with Gasteiger partial charge in [-0.3, -0.25) is 4.79 Å². The fraction of sp³-hybridized carbons (Fsp3) is 0.462. The van der Waals surface area contributed by atoms with E-state index < -0.39 is 5.97 Å². The lowest BCUT2D eigenvalue weighted by molar-refractivity contribution is -0.137. The molecule has 0 aliphatic carbocycles. The van der Waals surface area contributed by atoms with Crippen molar-refractivity contribution in [3.63, 3.8) is 0 Å². The standard InChI is InChI=1S/C13H19NO2/c14-10-9-12(7-4-8-13(15)16)11-5-2-1-3-6-11/h1-3,5-6,12H,4,7-10,14H2,(H,15,16)/t12-/m0/s1. The molecule has 0 spiro atoms. The molecule has 0 saturated carbocycles. The number of carbonyl (C=O) groups is 1. The summed E-state index contributed by atoms with van der Waals surface area (Å²) in [4.78, 5) is 10.5. The molecule has 1 aromatic rings. The Balaban J connectivity index is 2.51. The van der Waals surface area contributed by atoms with Crippen LogP contribution in [0.4, 0.5) is 0 Å². The van der Waals surface area contributed by atoms with Crippen LogP contribution >= 0.6 is 0 Å². The Labute approximate surface area is 96.3 Å². The lowest BCUT2D eigenvalue weighted by Crippen LogP contribution is -2.08. The van der Waals surface area contributed by atoms with Crippen LogP contribution in [0.15, 0.2) is 30.3 Å². The summed E-state index contributed by atoms with van der Waals surface area (Å²) >= 11 is 0. The van der Waals surface area contributed by atoms with E-state index >= 15 is 0 Å². The number of aliphatic carboxylic acids is 1. The first-order chi connectivity index (χ1) is 7.74. The van der Waals surface area contributed by atoms with Crippen molar-refractivity contribution in [2.75, 3.05) is 6.54 Å². The Kier molecular flexibility index (Phi) is 5.57. The largest absolute Gasteiger partial charge is 0.481 e. The molecule has 3 N–H and O–H groups in total. The third-order valence-electron chi connectivity index (χ3n) is 2.73. The summed E-state index contributed by atoms with van der Waals surface area (Å²) in [5, 5.41) is 8.60. The van der Waals surface area contributed by atoms with Gasteiger partial charge in [-0.15, -0.1) is 0 Å². The Hall–Kier alpha value is -1.35. The van der Waals surface area contributed by atoms with Gasteiger partial charge in [0.25, 0.3) is 0 Å². The number of carboxylic acids is 1. The van der Waals surface area contributed by atoms with Crippen LogP contribution in [-0.4, -0.2) is 17.6 Å². The number of hydrogen-bond donors (Lipinski definition) is 2. The molecule has 0 heterocycles. The van der Waals surface area contributed by atoms with Crippen LogP contribution in [0.1, 0.15) is 37.2 Å². The van der Waals surface area contributed by atoms with Crippen LogP contribution in [-0.2, 0) is 4.79 Å². The monoisotopic (exact) mass is 221 g/mol. The molecule has 16 heavy (non-hydrogen) atoms. The topological polar surface area (TPSA) is 63.3 Å². The van der Waals surface area contributed by atoms with Crippen molar-refractivity contribution in [1.82, 2.24) is 0 Å². The Bertz CT molecular complexity index is 311. The summed E-state index contributed by atoms with van der Waals surface area (Å²) in [5.41, 5.74) is 6.84. The fourth-order valence-corrected chi connectivity index (χ4v) is 1.90. The second-order valence-corrected chi connectivity index (χ2v) is 3.97. The first-order valence-corrected chi connectivity index (χ1v) is 5.71. The summed E-state index contributed by atoms with van der Waals surface area (Å²) in [6, 6.07) is 10.2. The molecule has 1 rings (SSSR count). The van der Waals surface area contributed by atoms with Crippen molar-refractivity contribution in [3.05, 3.63) is 35.9 Å². The van der Waals surface area contributed by atoms with E-state index in [9.17, 15) is 4.79 Å².